The molecule has 0 spiro atoms. The summed E-state index contributed by atoms with van der Waals surface area (Å²) in [7, 11) is 1.16. The lowest BCUT2D eigenvalue weighted by molar-refractivity contribution is -0.165. The number of alkyl halides is 3. The maximum Gasteiger partial charge on any atom is 0.454 e. The quantitative estimate of drug-likeness (QED) is 0.680. The van der Waals surface area contributed by atoms with Crippen LogP contribution in [0.5, 0.6) is 0 Å². The van der Waals surface area contributed by atoms with E-state index in [0.717, 1.165) is 7.11 Å². The maximum absolute atomic E-state index is 12.1. The van der Waals surface area contributed by atoms with Crippen LogP contribution in [0.3, 0.4) is 0 Å². The van der Waals surface area contributed by atoms with E-state index in [1.54, 1.807) is 0 Å². The van der Waals surface area contributed by atoms with Gasteiger partial charge >= 0.3 is 12.1 Å². The molecule has 4 nitrogen and oxygen atoms in total. The van der Waals surface area contributed by atoms with Crippen LogP contribution in [-0.2, 0) is 9.53 Å². The molecule has 8 heteroatoms. The van der Waals surface area contributed by atoms with Gasteiger partial charge in [0.2, 0.25) is 0 Å². The first kappa shape index (κ1) is 17.0. The molecule has 0 aliphatic carbocycles. The summed E-state index contributed by atoms with van der Waals surface area (Å²) >= 11 is 5.75. The van der Waals surface area contributed by atoms with Crippen molar-refractivity contribution in [2.45, 2.75) is 13.1 Å². The molecule has 0 fully saturated rings. The Morgan fingerprint density at radius 3 is 2.48 bits per heavy atom. The van der Waals surface area contributed by atoms with Crippen molar-refractivity contribution in [3.8, 4) is 0 Å². The number of rotatable bonds is 4. The normalized spacial score (nSPS) is 12.0. The Morgan fingerprint density at radius 2 is 1.95 bits per heavy atom. The third kappa shape index (κ3) is 4.78. The number of nitrogens with one attached hydrogen (secondary N) is 1. The van der Waals surface area contributed by atoms with Crippen LogP contribution >= 0.6 is 11.6 Å². The highest BCUT2D eigenvalue weighted by atomic mass is 35.5. The van der Waals surface area contributed by atoms with Gasteiger partial charge in [-0.25, -0.2) is 4.79 Å². The lowest BCUT2D eigenvalue weighted by Gasteiger charge is -2.11. The van der Waals surface area contributed by atoms with Crippen molar-refractivity contribution in [2.24, 2.45) is 0 Å². The Bertz CT molecular complexity index is 597. The minimum atomic E-state index is -4.95. The van der Waals surface area contributed by atoms with Crippen molar-refractivity contribution in [3.63, 3.8) is 0 Å². The minimum Gasteiger partial charge on any atom is -0.465 e. The van der Waals surface area contributed by atoms with Crippen molar-refractivity contribution >= 4 is 29.0 Å². The van der Waals surface area contributed by atoms with Crippen molar-refractivity contribution < 1.29 is 27.5 Å². The number of halogens is 4. The highest BCUT2D eigenvalue weighted by molar-refractivity contribution is 6.31. The number of methoxy groups -OCH3 is 1. The van der Waals surface area contributed by atoms with Gasteiger partial charge in [-0.05, 0) is 25.1 Å². The minimum absolute atomic E-state index is 0.0391. The van der Waals surface area contributed by atoms with Crippen molar-refractivity contribution in [2.75, 3.05) is 12.4 Å². The van der Waals surface area contributed by atoms with Gasteiger partial charge in [-0.3, -0.25) is 4.79 Å². The van der Waals surface area contributed by atoms with Gasteiger partial charge in [0.15, 0.2) is 0 Å². The van der Waals surface area contributed by atoms with E-state index in [4.69, 9.17) is 11.6 Å². The highest BCUT2D eigenvalue weighted by Gasteiger charge is 2.36. The van der Waals surface area contributed by atoms with E-state index in [1.165, 1.54) is 25.1 Å². The summed E-state index contributed by atoms with van der Waals surface area (Å²) in [4.78, 5) is 22.4. The molecule has 0 aromatic heterocycles. The number of ketones is 1. The second-order valence-electron chi connectivity index (χ2n) is 4.00. The summed E-state index contributed by atoms with van der Waals surface area (Å²) in [6, 6.07) is 4.13. The topological polar surface area (TPSA) is 55.4 Å². The average molecular weight is 322 g/mol. The molecule has 114 valence electrons. The van der Waals surface area contributed by atoms with E-state index in [1.807, 2.05) is 0 Å². The van der Waals surface area contributed by atoms with Gasteiger partial charge in [-0.15, -0.1) is 0 Å². The molecule has 1 rings (SSSR count). The Morgan fingerprint density at radius 1 is 1.33 bits per heavy atom. The van der Waals surface area contributed by atoms with Crippen LogP contribution in [0.4, 0.5) is 18.9 Å². The second kappa shape index (κ2) is 6.62. The Balaban J connectivity index is 3.05. The SMILES string of the molecule is COC(=O)c1cc(Cl)ccc1N/C(C)=C/C(=O)C(F)(F)F. The predicted octanol–water partition coefficient (Wildman–Crippen LogP) is 3.57. The van der Waals surface area contributed by atoms with Crippen LogP contribution in [0.25, 0.3) is 0 Å². The Kier molecular flexibility index (Phi) is 5.37. The fourth-order valence-corrected chi connectivity index (χ4v) is 1.60. The predicted molar refractivity (Wildman–Crippen MR) is 71.2 cm³/mol. The number of allylic oxidation sites excluding steroid dienone is 2. The molecule has 0 unspecified atom stereocenters. The summed E-state index contributed by atoms with van der Waals surface area (Å²) in [5.41, 5.74) is 0.136. The fourth-order valence-electron chi connectivity index (χ4n) is 1.43. The average Bonchev–Trinajstić information content (AvgIpc) is 2.38. The van der Waals surface area contributed by atoms with Gasteiger partial charge in [0, 0.05) is 16.8 Å². The molecular weight excluding hydrogens is 311 g/mol. The lowest BCUT2D eigenvalue weighted by atomic mass is 10.1. The number of anilines is 1. The zero-order valence-electron chi connectivity index (χ0n) is 11.0. The molecule has 0 atom stereocenters. The van der Waals surface area contributed by atoms with Crippen molar-refractivity contribution in [1.29, 1.82) is 0 Å². The number of hydrogen-bond donors (Lipinski definition) is 1. The van der Waals surface area contributed by atoms with Crippen LogP contribution in [-0.4, -0.2) is 25.0 Å². The lowest BCUT2D eigenvalue weighted by Crippen LogP contribution is -2.21. The number of benzene rings is 1. The molecule has 0 aliphatic rings. The molecule has 1 aromatic rings. The molecule has 0 radical (unpaired) electrons. The molecule has 21 heavy (non-hydrogen) atoms. The van der Waals surface area contributed by atoms with E-state index in [0.29, 0.717) is 6.08 Å². The first-order chi connectivity index (χ1) is 9.65. The Hall–Kier alpha value is -2.02. The zero-order valence-corrected chi connectivity index (χ0v) is 11.8. The smallest absolute Gasteiger partial charge is 0.454 e. The maximum atomic E-state index is 12.1. The van der Waals surface area contributed by atoms with E-state index >= 15 is 0 Å². The number of carbonyl (C=O) groups excluding carboxylic acids is 2. The summed E-state index contributed by atoms with van der Waals surface area (Å²) in [5, 5.41) is 2.80. The standard InChI is InChI=1S/C13H11ClF3NO3/c1-7(5-11(19)13(15,16)17)18-10-4-3-8(14)6-9(10)12(20)21-2/h3-6,18H,1-2H3/b7-5+. The van der Waals surface area contributed by atoms with Gasteiger partial charge in [0.1, 0.15) is 0 Å². The summed E-state index contributed by atoms with van der Waals surface area (Å²) in [6.07, 6.45) is -4.55. The largest absolute Gasteiger partial charge is 0.465 e. The number of esters is 1. The van der Waals surface area contributed by atoms with Gasteiger partial charge in [0.05, 0.1) is 18.4 Å². The van der Waals surface area contributed by atoms with Gasteiger partial charge in [-0.2, -0.15) is 13.2 Å². The first-order valence-corrected chi connectivity index (χ1v) is 5.97. The van der Waals surface area contributed by atoms with E-state index in [2.05, 4.69) is 10.1 Å². The molecule has 1 aromatic carbocycles. The van der Waals surface area contributed by atoms with Crippen LogP contribution in [0.1, 0.15) is 17.3 Å². The molecule has 0 amide bonds. The molecule has 0 bridgehead atoms. The molecule has 0 saturated heterocycles. The van der Waals surface area contributed by atoms with Gasteiger partial charge < -0.3 is 10.1 Å². The summed E-state index contributed by atoms with van der Waals surface area (Å²) in [5.74, 6) is -2.71. The van der Waals surface area contributed by atoms with Crippen LogP contribution < -0.4 is 5.32 Å². The third-order valence-corrected chi connectivity index (χ3v) is 2.58. The van der Waals surface area contributed by atoms with E-state index in [9.17, 15) is 22.8 Å². The number of hydrogen-bond acceptors (Lipinski definition) is 4. The molecule has 0 aliphatic heterocycles. The van der Waals surface area contributed by atoms with Crippen LogP contribution in [0, 0.1) is 0 Å². The number of carbonyl (C=O) groups is 2. The first-order valence-electron chi connectivity index (χ1n) is 5.59. The summed E-state index contributed by atoms with van der Waals surface area (Å²) in [6.45, 7) is 1.26. The van der Waals surface area contributed by atoms with Gasteiger partial charge in [-0.1, -0.05) is 11.6 Å². The molecular formula is C13H11ClF3NO3. The number of ether oxygens (including phenoxy) is 1. The third-order valence-electron chi connectivity index (χ3n) is 2.35. The van der Waals surface area contributed by atoms with E-state index in [-0.39, 0.29) is 22.0 Å². The van der Waals surface area contributed by atoms with E-state index < -0.39 is 17.9 Å². The van der Waals surface area contributed by atoms with Crippen molar-refractivity contribution in [3.05, 3.63) is 40.6 Å². The van der Waals surface area contributed by atoms with Crippen molar-refractivity contribution in [1.82, 2.24) is 0 Å². The Labute approximate surface area is 123 Å². The second-order valence-corrected chi connectivity index (χ2v) is 4.43. The molecule has 1 N–H and O–H groups in total. The van der Waals surface area contributed by atoms with Crippen LogP contribution in [0.2, 0.25) is 5.02 Å². The molecule has 0 saturated carbocycles. The summed E-state index contributed by atoms with van der Waals surface area (Å²) < 4.78 is 41.0. The zero-order chi connectivity index (χ0) is 16.2. The van der Waals surface area contributed by atoms with Crippen LogP contribution in [0.15, 0.2) is 30.0 Å². The highest BCUT2D eigenvalue weighted by Crippen LogP contribution is 2.23. The molecule has 0 heterocycles. The monoisotopic (exact) mass is 321 g/mol. The van der Waals surface area contributed by atoms with Gasteiger partial charge in [0.25, 0.3) is 5.78 Å². The fraction of sp³-hybridized carbons (Fsp3) is 0.231.